The Morgan fingerprint density at radius 3 is 1.53 bits per heavy atom. The molecule has 2 nitrogen and oxygen atoms in total. The maximum absolute atomic E-state index is 9.10. The van der Waals surface area contributed by atoms with E-state index in [1.165, 1.54) is 0 Å². The second-order valence-corrected chi connectivity index (χ2v) is 6.56. The fraction of sp³-hybridized carbons (Fsp3) is 0.533. The predicted octanol–water partition coefficient (Wildman–Crippen LogP) is 4.07. The van der Waals surface area contributed by atoms with Gasteiger partial charge in [0, 0.05) is 0 Å². The van der Waals surface area contributed by atoms with Gasteiger partial charge in [-0.05, 0) is 34.1 Å². The third-order valence-electron chi connectivity index (χ3n) is 2.88. The number of nitrogens with one attached hydrogen (secondary N) is 1. The first-order valence-electron chi connectivity index (χ1n) is 5.88. The molecule has 1 radical (unpaired) electrons. The maximum Gasteiger partial charge on any atom is 0.0991 e. The van der Waals surface area contributed by atoms with Crippen molar-refractivity contribution in [1.82, 2.24) is 5.73 Å². The number of nitrogens with zero attached hydrogens (tertiary/aromatic N) is 1. The minimum atomic E-state index is -0.107. The smallest absolute Gasteiger partial charge is 0.0991 e. The summed E-state index contributed by atoms with van der Waals surface area (Å²) in [6, 6.07) is 5.89. The summed E-state index contributed by atoms with van der Waals surface area (Å²) < 4.78 is 0. The molecule has 0 saturated carbocycles. The number of hydrogen-bond acceptors (Lipinski definition) is 1. The van der Waals surface area contributed by atoms with E-state index in [0.29, 0.717) is 11.3 Å². The number of nitriles is 1. The first-order valence-corrected chi connectivity index (χ1v) is 5.88. The summed E-state index contributed by atoms with van der Waals surface area (Å²) in [6.45, 7) is 12.5. The van der Waals surface area contributed by atoms with Crippen LogP contribution in [0.5, 0.6) is 0 Å². The molecule has 1 aromatic carbocycles. The van der Waals surface area contributed by atoms with Crippen molar-refractivity contribution in [1.29, 1.82) is 5.26 Å². The maximum atomic E-state index is 9.10. The van der Waals surface area contributed by atoms with Crippen molar-refractivity contribution in [3.05, 3.63) is 28.8 Å². The summed E-state index contributed by atoms with van der Waals surface area (Å²) in [6.07, 6.45) is 0. The van der Waals surface area contributed by atoms with Crippen LogP contribution in [0.25, 0.3) is 0 Å². The fourth-order valence-corrected chi connectivity index (χ4v) is 1.89. The van der Waals surface area contributed by atoms with Crippen LogP contribution in [0.3, 0.4) is 0 Å². The van der Waals surface area contributed by atoms with Crippen LogP contribution in [0, 0.1) is 11.3 Å². The Bertz CT molecular complexity index is 430. The van der Waals surface area contributed by atoms with Crippen LogP contribution >= 0.6 is 0 Å². The molecule has 0 heterocycles. The molecule has 17 heavy (non-hydrogen) atoms. The van der Waals surface area contributed by atoms with Crippen LogP contribution in [-0.4, -0.2) is 0 Å². The van der Waals surface area contributed by atoms with Gasteiger partial charge in [-0.1, -0.05) is 41.5 Å². The Hall–Kier alpha value is -1.49. The molecule has 1 N–H and O–H groups in total. The van der Waals surface area contributed by atoms with E-state index >= 15 is 0 Å². The lowest BCUT2D eigenvalue weighted by molar-refractivity contribution is 0.569. The molecule has 0 aliphatic rings. The lowest BCUT2D eigenvalue weighted by Crippen LogP contribution is -2.18. The minimum Gasteiger partial charge on any atom is -0.300 e. The van der Waals surface area contributed by atoms with Crippen LogP contribution in [0.2, 0.25) is 0 Å². The first kappa shape index (κ1) is 13.6. The van der Waals surface area contributed by atoms with E-state index in [1.807, 2.05) is 12.1 Å². The summed E-state index contributed by atoms with van der Waals surface area (Å²) in [5.74, 6) is 0. The van der Waals surface area contributed by atoms with Gasteiger partial charge in [0.05, 0.1) is 17.3 Å². The fourth-order valence-electron chi connectivity index (χ4n) is 1.89. The van der Waals surface area contributed by atoms with Crippen molar-refractivity contribution in [2.45, 2.75) is 52.4 Å². The SMILES string of the molecule is CC(C)(C)c1cc(C#N)cc(C(C)(C)C)c1[NH]. The Kier molecular flexibility index (Phi) is 3.25. The van der Waals surface area contributed by atoms with Crippen LogP contribution < -0.4 is 5.73 Å². The molecule has 0 amide bonds. The average molecular weight is 229 g/mol. The molecule has 0 aromatic heterocycles. The monoisotopic (exact) mass is 229 g/mol. The quantitative estimate of drug-likeness (QED) is 0.661. The molecule has 0 fully saturated rings. The zero-order valence-electron chi connectivity index (χ0n) is 11.6. The highest BCUT2D eigenvalue weighted by Crippen LogP contribution is 2.37. The van der Waals surface area contributed by atoms with Gasteiger partial charge in [-0.15, -0.1) is 0 Å². The normalized spacial score (nSPS) is 12.3. The second-order valence-electron chi connectivity index (χ2n) is 6.56. The molecule has 0 atom stereocenters. The van der Waals surface area contributed by atoms with Gasteiger partial charge in [-0.25, -0.2) is 0 Å². The van der Waals surface area contributed by atoms with Crippen LogP contribution in [0.1, 0.15) is 58.2 Å². The van der Waals surface area contributed by atoms with Gasteiger partial charge >= 0.3 is 0 Å². The lowest BCUT2D eigenvalue weighted by atomic mass is 9.78. The Labute approximate surface area is 104 Å². The van der Waals surface area contributed by atoms with Gasteiger partial charge in [0.15, 0.2) is 0 Å². The Balaban J connectivity index is 3.61. The number of benzene rings is 1. The summed E-state index contributed by atoms with van der Waals surface area (Å²) in [5.41, 5.74) is 11.2. The topological polar surface area (TPSA) is 47.6 Å². The largest absolute Gasteiger partial charge is 0.300 e. The van der Waals surface area contributed by atoms with Gasteiger partial charge in [-0.2, -0.15) is 5.26 Å². The molecule has 1 rings (SSSR count). The van der Waals surface area contributed by atoms with E-state index in [9.17, 15) is 0 Å². The van der Waals surface area contributed by atoms with Crippen LogP contribution in [0.4, 0.5) is 5.69 Å². The molecule has 0 aliphatic heterocycles. The van der Waals surface area contributed by atoms with E-state index in [0.717, 1.165) is 11.1 Å². The highest BCUT2D eigenvalue weighted by Gasteiger charge is 2.25. The Morgan fingerprint density at radius 2 is 1.29 bits per heavy atom. The summed E-state index contributed by atoms with van der Waals surface area (Å²) in [4.78, 5) is 0. The van der Waals surface area contributed by atoms with Gasteiger partial charge in [0.1, 0.15) is 0 Å². The molecular formula is C15H21N2. The van der Waals surface area contributed by atoms with Crippen molar-refractivity contribution in [2.24, 2.45) is 0 Å². The third kappa shape index (κ3) is 2.79. The second kappa shape index (κ2) is 4.07. The molecule has 2 heteroatoms. The summed E-state index contributed by atoms with van der Waals surface area (Å²) in [7, 11) is 0. The van der Waals surface area contributed by atoms with E-state index < -0.39 is 0 Å². The van der Waals surface area contributed by atoms with Gasteiger partial charge in [0.2, 0.25) is 0 Å². The van der Waals surface area contributed by atoms with E-state index in [1.54, 1.807) is 0 Å². The van der Waals surface area contributed by atoms with Gasteiger partial charge < -0.3 is 5.73 Å². The molecular weight excluding hydrogens is 208 g/mol. The van der Waals surface area contributed by atoms with Crippen molar-refractivity contribution >= 4 is 5.69 Å². The number of hydrogen-bond donors (Lipinski definition) is 0. The van der Waals surface area contributed by atoms with Gasteiger partial charge in [0.25, 0.3) is 0 Å². The van der Waals surface area contributed by atoms with E-state index in [4.69, 9.17) is 11.0 Å². The standard InChI is InChI=1S/C15H21N2/c1-14(2,3)11-7-10(9-16)8-12(13(11)17)15(4,5)6/h7-8,17H,1-6H3. The minimum absolute atomic E-state index is 0.107. The molecule has 1 aromatic rings. The van der Waals surface area contributed by atoms with E-state index in [-0.39, 0.29) is 10.8 Å². The molecule has 0 saturated heterocycles. The van der Waals surface area contributed by atoms with Crippen molar-refractivity contribution in [3.63, 3.8) is 0 Å². The zero-order chi connectivity index (χ0) is 13.4. The van der Waals surface area contributed by atoms with Gasteiger partial charge in [-0.3, -0.25) is 0 Å². The third-order valence-corrected chi connectivity index (χ3v) is 2.88. The van der Waals surface area contributed by atoms with Crippen LogP contribution in [-0.2, 0) is 10.8 Å². The zero-order valence-corrected chi connectivity index (χ0v) is 11.6. The molecule has 0 aliphatic carbocycles. The first-order chi connectivity index (χ1) is 7.57. The van der Waals surface area contributed by atoms with Crippen molar-refractivity contribution < 1.29 is 0 Å². The summed E-state index contributed by atoms with van der Waals surface area (Å²) in [5, 5.41) is 9.10. The lowest BCUT2D eigenvalue weighted by Gasteiger charge is -2.27. The molecule has 0 unspecified atom stereocenters. The molecule has 0 spiro atoms. The predicted molar refractivity (Wildman–Crippen MR) is 71.3 cm³/mol. The number of rotatable bonds is 0. The highest BCUT2D eigenvalue weighted by molar-refractivity contribution is 5.59. The van der Waals surface area contributed by atoms with Crippen molar-refractivity contribution in [2.75, 3.05) is 0 Å². The summed E-state index contributed by atoms with van der Waals surface area (Å²) >= 11 is 0. The average Bonchev–Trinajstić information content (AvgIpc) is 2.14. The van der Waals surface area contributed by atoms with E-state index in [2.05, 4.69) is 47.6 Å². The molecule has 91 valence electrons. The van der Waals surface area contributed by atoms with Crippen LogP contribution in [0.15, 0.2) is 12.1 Å². The van der Waals surface area contributed by atoms with Crippen molar-refractivity contribution in [3.8, 4) is 6.07 Å². The Morgan fingerprint density at radius 1 is 0.941 bits per heavy atom. The highest BCUT2D eigenvalue weighted by atomic mass is 14.6. The molecule has 0 bridgehead atoms.